The molecule has 2 rings (SSSR count). The zero-order valence-corrected chi connectivity index (χ0v) is 13.7. The lowest BCUT2D eigenvalue weighted by Crippen LogP contribution is -2.68. The highest BCUT2D eigenvalue weighted by molar-refractivity contribution is 9.10. The fraction of sp³-hybridized carbons (Fsp3) is 0.467. The molecule has 1 atom stereocenters. The monoisotopic (exact) mass is 338 g/mol. The maximum absolute atomic E-state index is 12.7. The van der Waals surface area contributed by atoms with Gasteiger partial charge < -0.3 is 5.32 Å². The van der Waals surface area contributed by atoms with Crippen LogP contribution < -0.4 is 10.2 Å². The Morgan fingerprint density at radius 1 is 1.35 bits per heavy atom. The Morgan fingerprint density at radius 3 is 2.60 bits per heavy atom. The Kier molecular flexibility index (Phi) is 3.91. The largest absolute Gasteiger partial charge is 0.340 e. The first-order valence-electron chi connectivity index (χ1n) is 6.69. The molecule has 1 fully saturated rings. The topological polar surface area (TPSA) is 49.4 Å². The van der Waals surface area contributed by atoms with Crippen LogP contribution in [-0.4, -0.2) is 23.4 Å². The van der Waals surface area contributed by atoms with E-state index in [9.17, 15) is 9.59 Å². The molecule has 0 spiro atoms. The average Bonchev–Trinajstić information content (AvgIpc) is 2.36. The number of halogens is 1. The number of hydrogen-bond acceptors (Lipinski definition) is 2. The summed E-state index contributed by atoms with van der Waals surface area (Å²) >= 11 is 3.43. The van der Waals surface area contributed by atoms with Crippen LogP contribution in [0.4, 0.5) is 5.69 Å². The van der Waals surface area contributed by atoms with Gasteiger partial charge in [0.15, 0.2) is 0 Å². The molecule has 1 saturated heterocycles. The van der Waals surface area contributed by atoms with Gasteiger partial charge in [0.25, 0.3) is 5.91 Å². The predicted molar refractivity (Wildman–Crippen MR) is 82.7 cm³/mol. The molecule has 0 radical (unpaired) electrons. The molecule has 1 heterocycles. The van der Waals surface area contributed by atoms with Crippen molar-refractivity contribution in [3.63, 3.8) is 0 Å². The van der Waals surface area contributed by atoms with E-state index in [4.69, 9.17) is 0 Å². The van der Waals surface area contributed by atoms with Crippen molar-refractivity contribution < 1.29 is 9.59 Å². The Morgan fingerprint density at radius 2 is 2.00 bits per heavy atom. The molecular formula is C15H19BrN2O2. The molecule has 0 saturated carbocycles. The number of anilines is 1. The summed E-state index contributed by atoms with van der Waals surface area (Å²) in [6, 6.07) is 5.31. The molecule has 4 nitrogen and oxygen atoms in total. The molecule has 1 aliphatic rings. The lowest BCUT2D eigenvalue weighted by Gasteiger charge is -2.43. The SMILES string of the molecule is CCC1C(=O)NC(C)(C)C(=O)N1c1cc(Br)ccc1C. The quantitative estimate of drug-likeness (QED) is 0.901. The summed E-state index contributed by atoms with van der Waals surface area (Å²) in [4.78, 5) is 26.6. The van der Waals surface area contributed by atoms with Gasteiger partial charge in [0.1, 0.15) is 11.6 Å². The number of carbonyl (C=O) groups excluding carboxylic acids is 2. The van der Waals surface area contributed by atoms with Gasteiger partial charge >= 0.3 is 0 Å². The van der Waals surface area contributed by atoms with Gasteiger partial charge in [-0.15, -0.1) is 0 Å². The van der Waals surface area contributed by atoms with Gasteiger partial charge in [0, 0.05) is 10.2 Å². The van der Waals surface area contributed by atoms with E-state index < -0.39 is 11.6 Å². The second kappa shape index (κ2) is 5.20. The van der Waals surface area contributed by atoms with Crippen molar-refractivity contribution in [2.75, 3.05) is 4.90 Å². The van der Waals surface area contributed by atoms with Gasteiger partial charge in [0.05, 0.1) is 0 Å². The van der Waals surface area contributed by atoms with Gasteiger partial charge in [0.2, 0.25) is 5.91 Å². The molecular weight excluding hydrogens is 320 g/mol. The van der Waals surface area contributed by atoms with E-state index in [1.807, 2.05) is 32.0 Å². The Bertz CT molecular complexity index is 569. The number of rotatable bonds is 2. The molecule has 0 aromatic heterocycles. The summed E-state index contributed by atoms with van der Waals surface area (Å²) in [5.74, 6) is -0.179. The third-order valence-electron chi connectivity index (χ3n) is 3.62. The first kappa shape index (κ1) is 15.0. The lowest BCUT2D eigenvalue weighted by atomic mass is 9.94. The molecule has 1 unspecified atom stereocenters. The fourth-order valence-corrected chi connectivity index (χ4v) is 2.84. The number of aryl methyl sites for hydroxylation is 1. The number of nitrogens with one attached hydrogen (secondary N) is 1. The molecule has 20 heavy (non-hydrogen) atoms. The van der Waals surface area contributed by atoms with Crippen LogP contribution in [0.3, 0.4) is 0 Å². The Hall–Kier alpha value is -1.36. The zero-order chi connectivity index (χ0) is 15.1. The number of piperazine rings is 1. The van der Waals surface area contributed by atoms with Gasteiger partial charge in [-0.05, 0) is 44.9 Å². The Labute approximate surface area is 127 Å². The third kappa shape index (κ3) is 2.46. The minimum atomic E-state index is -0.877. The number of hydrogen-bond donors (Lipinski definition) is 1. The molecule has 1 aromatic rings. The van der Waals surface area contributed by atoms with Crippen LogP contribution in [0.2, 0.25) is 0 Å². The van der Waals surface area contributed by atoms with E-state index in [0.717, 1.165) is 15.7 Å². The fourth-order valence-electron chi connectivity index (χ4n) is 2.49. The molecule has 1 aromatic carbocycles. The molecule has 0 bridgehead atoms. The van der Waals surface area contributed by atoms with E-state index in [-0.39, 0.29) is 11.8 Å². The van der Waals surface area contributed by atoms with Gasteiger partial charge in [-0.2, -0.15) is 0 Å². The van der Waals surface area contributed by atoms with Gasteiger partial charge in [-0.3, -0.25) is 14.5 Å². The van der Waals surface area contributed by atoms with Crippen molar-refractivity contribution >= 4 is 33.4 Å². The summed E-state index contributed by atoms with van der Waals surface area (Å²) in [5, 5.41) is 2.80. The molecule has 0 aliphatic carbocycles. The van der Waals surface area contributed by atoms with Crippen molar-refractivity contribution in [1.29, 1.82) is 0 Å². The van der Waals surface area contributed by atoms with Crippen molar-refractivity contribution in [2.45, 2.75) is 45.7 Å². The van der Waals surface area contributed by atoms with Crippen LogP contribution in [0.5, 0.6) is 0 Å². The van der Waals surface area contributed by atoms with Gasteiger partial charge in [-0.25, -0.2) is 0 Å². The van der Waals surface area contributed by atoms with Crippen LogP contribution in [0.25, 0.3) is 0 Å². The second-order valence-electron chi connectivity index (χ2n) is 5.64. The normalized spacial score (nSPS) is 21.9. The highest BCUT2D eigenvalue weighted by Gasteiger charge is 2.45. The summed E-state index contributed by atoms with van der Waals surface area (Å²) in [6.07, 6.45) is 0.583. The molecule has 1 N–H and O–H groups in total. The smallest absolute Gasteiger partial charge is 0.252 e. The first-order valence-corrected chi connectivity index (χ1v) is 7.49. The van der Waals surface area contributed by atoms with Crippen LogP contribution in [0, 0.1) is 6.92 Å². The van der Waals surface area contributed by atoms with Crippen LogP contribution in [-0.2, 0) is 9.59 Å². The van der Waals surface area contributed by atoms with E-state index in [2.05, 4.69) is 21.2 Å². The average molecular weight is 339 g/mol. The van der Waals surface area contributed by atoms with Crippen molar-refractivity contribution in [2.24, 2.45) is 0 Å². The van der Waals surface area contributed by atoms with Crippen molar-refractivity contribution in [3.8, 4) is 0 Å². The maximum Gasteiger partial charge on any atom is 0.252 e. The molecule has 2 amide bonds. The maximum atomic E-state index is 12.7. The van der Waals surface area contributed by atoms with E-state index in [1.165, 1.54) is 0 Å². The first-order chi connectivity index (χ1) is 9.27. The van der Waals surface area contributed by atoms with Crippen LogP contribution in [0.15, 0.2) is 22.7 Å². The predicted octanol–water partition coefficient (Wildman–Crippen LogP) is 2.78. The van der Waals surface area contributed by atoms with Gasteiger partial charge in [-0.1, -0.05) is 28.9 Å². The lowest BCUT2D eigenvalue weighted by molar-refractivity contribution is -0.137. The van der Waals surface area contributed by atoms with E-state index in [1.54, 1.807) is 18.7 Å². The van der Waals surface area contributed by atoms with E-state index >= 15 is 0 Å². The van der Waals surface area contributed by atoms with Crippen molar-refractivity contribution in [3.05, 3.63) is 28.2 Å². The number of nitrogens with zero attached hydrogens (tertiary/aromatic N) is 1. The standard InChI is InChI=1S/C15H19BrN2O2/c1-5-11-13(19)17-15(3,4)14(20)18(11)12-8-10(16)7-6-9(12)2/h6-8,11H,5H2,1-4H3,(H,17,19). The summed E-state index contributed by atoms with van der Waals surface area (Å²) in [5.41, 5.74) is 0.891. The molecule has 108 valence electrons. The minimum Gasteiger partial charge on any atom is -0.340 e. The Balaban J connectivity index is 2.57. The van der Waals surface area contributed by atoms with Crippen LogP contribution >= 0.6 is 15.9 Å². The third-order valence-corrected chi connectivity index (χ3v) is 4.11. The number of benzene rings is 1. The summed E-state index contributed by atoms with van der Waals surface area (Å²) in [6.45, 7) is 7.33. The van der Waals surface area contributed by atoms with E-state index in [0.29, 0.717) is 6.42 Å². The summed E-state index contributed by atoms with van der Waals surface area (Å²) in [7, 11) is 0. The van der Waals surface area contributed by atoms with Crippen LogP contribution in [0.1, 0.15) is 32.8 Å². The number of amides is 2. The number of carbonyl (C=O) groups is 2. The summed E-state index contributed by atoms with van der Waals surface area (Å²) < 4.78 is 0.893. The molecule has 1 aliphatic heterocycles. The van der Waals surface area contributed by atoms with Crippen molar-refractivity contribution in [1.82, 2.24) is 5.32 Å². The molecule has 5 heteroatoms. The zero-order valence-electron chi connectivity index (χ0n) is 12.2. The highest BCUT2D eigenvalue weighted by atomic mass is 79.9. The second-order valence-corrected chi connectivity index (χ2v) is 6.56. The minimum absolute atomic E-state index is 0.0786. The highest BCUT2D eigenvalue weighted by Crippen LogP contribution is 2.31.